The van der Waals surface area contributed by atoms with Gasteiger partial charge in [-0.1, -0.05) is 18.0 Å². The Bertz CT molecular complexity index is 865. The summed E-state index contributed by atoms with van der Waals surface area (Å²) in [5, 5.41) is 15.6. The number of piperidine rings is 1. The molecule has 1 fully saturated rings. The molecule has 9 heteroatoms. The summed E-state index contributed by atoms with van der Waals surface area (Å²) in [4.78, 5) is 28.5. The number of benzene rings is 1. The number of hydrazone groups is 1. The first-order valence-corrected chi connectivity index (χ1v) is 8.70. The predicted molar refractivity (Wildman–Crippen MR) is 99.4 cm³/mol. The zero-order chi connectivity index (χ0) is 18.5. The van der Waals surface area contributed by atoms with Crippen molar-refractivity contribution in [3.05, 3.63) is 45.1 Å². The Labute approximate surface area is 155 Å². The summed E-state index contributed by atoms with van der Waals surface area (Å²) in [6.07, 6.45) is 4.87. The number of pyridine rings is 1. The van der Waals surface area contributed by atoms with Crippen LogP contribution in [-0.2, 0) is 4.79 Å². The number of nitrogens with zero attached hydrogens (tertiary/aromatic N) is 4. The molecular formula is C17H18ClN5O3. The van der Waals surface area contributed by atoms with Crippen molar-refractivity contribution in [2.45, 2.75) is 19.3 Å². The number of aromatic nitrogens is 1. The highest BCUT2D eigenvalue weighted by Gasteiger charge is 2.13. The molecule has 1 aromatic carbocycles. The average molecular weight is 376 g/mol. The number of halogens is 1. The third kappa shape index (κ3) is 4.53. The van der Waals surface area contributed by atoms with Gasteiger partial charge in [0.15, 0.2) is 0 Å². The number of carbonyl (C=O) groups is 1. The summed E-state index contributed by atoms with van der Waals surface area (Å²) < 4.78 is 0. The summed E-state index contributed by atoms with van der Waals surface area (Å²) in [6.45, 7) is 2.19. The number of nitro groups is 1. The molecule has 2 heterocycles. The first-order valence-electron chi connectivity index (χ1n) is 8.32. The molecule has 1 aromatic heterocycles. The average Bonchev–Trinajstić information content (AvgIpc) is 2.62. The Kier molecular flexibility index (Phi) is 5.75. The van der Waals surface area contributed by atoms with E-state index in [1.165, 1.54) is 24.8 Å². The van der Waals surface area contributed by atoms with E-state index in [2.05, 4.69) is 20.4 Å². The van der Waals surface area contributed by atoms with Crippen molar-refractivity contribution in [2.75, 3.05) is 19.6 Å². The molecule has 0 radical (unpaired) electrons. The van der Waals surface area contributed by atoms with Gasteiger partial charge < -0.3 is 0 Å². The lowest BCUT2D eigenvalue weighted by Crippen LogP contribution is -2.38. The van der Waals surface area contributed by atoms with E-state index in [1.807, 2.05) is 0 Å². The van der Waals surface area contributed by atoms with Crippen LogP contribution in [0, 0.1) is 10.1 Å². The number of rotatable bonds is 5. The number of fused-ring (bicyclic) bond motifs is 1. The summed E-state index contributed by atoms with van der Waals surface area (Å²) in [7, 11) is 0. The van der Waals surface area contributed by atoms with E-state index in [0.29, 0.717) is 23.0 Å². The van der Waals surface area contributed by atoms with E-state index in [4.69, 9.17) is 11.6 Å². The first kappa shape index (κ1) is 18.2. The van der Waals surface area contributed by atoms with Crippen molar-refractivity contribution in [1.29, 1.82) is 0 Å². The second-order valence-corrected chi connectivity index (χ2v) is 6.49. The lowest BCUT2D eigenvalue weighted by Gasteiger charge is -2.25. The van der Waals surface area contributed by atoms with Crippen LogP contribution >= 0.6 is 11.6 Å². The Morgan fingerprint density at radius 3 is 2.85 bits per heavy atom. The Morgan fingerprint density at radius 1 is 1.35 bits per heavy atom. The van der Waals surface area contributed by atoms with Crippen LogP contribution < -0.4 is 5.43 Å². The van der Waals surface area contributed by atoms with E-state index in [9.17, 15) is 14.9 Å². The second-order valence-electron chi connectivity index (χ2n) is 6.13. The van der Waals surface area contributed by atoms with Crippen molar-refractivity contribution in [1.82, 2.24) is 15.3 Å². The van der Waals surface area contributed by atoms with Crippen LogP contribution in [0.5, 0.6) is 0 Å². The van der Waals surface area contributed by atoms with Gasteiger partial charge in [-0.25, -0.2) is 10.4 Å². The van der Waals surface area contributed by atoms with Gasteiger partial charge in [-0.05, 0) is 38.1 Å². The maximum absolute atomic E-state index is 11.9. The maximum Gasteiger partial charge on any atom is 0.271 e. The molecule has 1 aliphatic rings. The molecule has 1 saturated heterocycles. The Morgan fingerprint density at radius 2 is 2.12 bits per heavy atom. The molecule has 0 saturated carbocycles. The number of hydrogen-bond acceptors (Lipinski definition) is 6. The van der Waals surface area contributed by atoms with Crippen molar-refractivity contribution >= 4 is 40.3 Å². The smallest absolute Gasteiger partial charge is 0.271 e. The van der Waals surface area contributed by atoms with E-state index in [1.54, 1.807) is 12.1 Å². The third-order valence-electron chi connectivity index (χ3n) is 4.20. The van der Waals surface area contributed by atoms with Crippen LogP contribution in [0.4, 0.5) is 5.69 Å². The molecule has 1 N–H and O–H groups in total. The monoisotopic (exact) mass is 375 g/mol. The fourth-order valence-electron chi connectivity index (χ4n) is 2.88. The molecule has 0 atom stereocenters. The van der Waals surface area contributed by atoms with Crippen molar-refractivity contribution in [3.63, 3.8) is 0 Å². The highest BCUT2D eigenvalue weighted by atomic mass is 35.5. The van der Waals surface area contributed by atoms with Gasteiger partial charge in [-0.3, -0.25) is 19.8 Å². The largest absolute Gasteiger partial charge is 0.294 e. The van der Waals surface area contributed by atoms with Crippen LogP contribution in [0.25, 0.3) is 10.9 Å². The molecule has 136 valence electrons. The zero-order valence-corrected chi connectivity index (χ0v) is 14.8. The Balaban J connectivity index is 1.66. The van der Waals surface area contributed by atoms with E-state index >= 15 is 0 Å². The molecule has 8 nitrogen and oxygen atoms in total. The molecule has 0 spiro atoms. The maximum atomic E-state index is 11.9. The van der Waals surface area contributed by atoms with Gasteiger partial charge in [0.05, 0.1) is 23.2 Å². The van der Waals surface area contributed by atoms with Crippen molar-refractivity contribution in [3.8, 4) is 0 Å². The van der Waals surface area contributed by atoms with E-state index in [0.717, 1.165) is 25.9 Å². The minimum Gasteiger partial charge on any atom is -0.294 e. The van der Waals surface area contributed by atoms with Crippen LogP contribution in [0.2, 0.25) is 5.15 Å². The van der Waals surface area contributed by atoms with Crippen molar-refractivity contribution < 1.29 is 9.72 Å². The fraction of sp³-hybridized carbons (Fsp3) is 0.353. The second kappa shape index (κ2) is 8.20. The van der Waals surface area contributed by atoms with E-state index < -0.39 is 4.92 Å². The van der Waals surface area contributed by atoms with Crippen LogP contribution in [0.15, 0.2) is 29.4 Å². The van der Waals surface area contributed by atoms with Crippen LogP contribution in [0.1, 0.15) is 24.8 Å². The first-order chi connectivity index (χ1) is 12.5. The van der Waals surface area contributed by atoms with Gasteiger partial charge in [-0.2, -0.15) is 5.10 Å². The molecule has 2 aromatic rings. The highest BCUT2D eigenvalue weighted by Crippen LogP contribution is 2.23. The zero-order valence-electron chi connectivity index (χ0n) is 14.0. The minimum absolute atomic E-state index is 0.0486. The van der Waals surface area contributed by atoms with Gasteiger partial charge in [0.25, 0.3) is 11.6 Å². The lowest BCUT2D eigenvalue weighted by atomic mass is 10.1. The topological polar surface area (TPSA) is 101 Å². The Hall–Kier alpha value is -2.58. The summed E-state index contributed by atoms with van der Waals surface area (Å²) in [5.74, 6) is -0.177. The third-order valence-corrected chi connectivity index (χ3v) is 4.50. The number of hydrogen-bond donors (Lipinski definition) is 1. The standard InChI is InChI=1S/C17H18ClN5O3/c18-17-13(8-12-4-5-14(23(25)26)9-15(12)20-17)10-19-21-16(24)11-22-6-2-1-3-7-22/h4-5,8-10H,1-3,6-7,11H2,(H,21,24)/b19-10-. The summed E-state index contributed by atoms with van der Waals surface area (Å²) in [6, 6.07) is 6.08. The fourth-order valence-corrected chi connectivity index (χ4v) is 3.08. The molecule has 0 bridgehead atoms. The highest BCUT2D eigenvalue weighted by molar-refractivity contribution is 6.32. The quantitative estimate of drug-likeness (QED) is 0.375. The molecule has 0 unspecified atom stereocenters. The van der Waals surface area contributed by atoms with Crippen molar-refractivity contribution in [2.24, 2.45) is 5.10 Å². The van der Waals surface area contributed by atoms with Gasteiger partial charge in [0.2, 0.25) is 0 Å². The van der Waals surface area contributed by atoms with Gasteiger partial charge >= 0.3 is 0 Å². The number of non-ortho nitro benzene ring substituents is 1. The SMILES string of the molecule is O=C(CN1CCCCC1)N/N=C\c1cc2ccc([N+](=O)[O-])cc2nc1Cl. The minimum atomic E-state index is -0.484. The molecule has 3 rings (SSSR count). The lowest BCUT2D eigenvalue weighted by molar-refractivity contribution is -0.384. The van der Waals surface area contributed by atoms with Gasteiger partial charge in [-0.15, -0.1) is 0 Å². The van der Waals surface area contributed by atoms with Gasteiger partial charge in [0, 0.05) is 23.1 Å². The van der Waals surface area contributed by atoms with Crippen LogP contribution in [0.3, 0.4) is 0 Å². The molecule has 26 heavy (non-hydrogen) atoms. The molecule has 1 amide bonds. The van der Waals surface area contributed by atoms with E-state index in [-0.39, 0.29) is 16.7 Å². The number of nitrogens with one attached hydrogen (secondary N) is 1. The van der Waals surface area contributed by atoms with Crippen LogP contribution in [-0.4, -0.2) is 46.6 Å². The normalized spacial score (nSPS) is 15.4. The number of nitro benzene ring substituents is 1. The summed E-state index contributed by atoms with van der Waals surface area (Å²) in [5.41, 5.74) is 3.39. The predicted octanol–water partition coefficient (Wildman–Crippen LogP) is 2.73. The number of likely N-dealkylation sites (tertiary alicyclic amines) is 1. The number of amides is 1. The molecule has 1 aliphatic heterocycles. The summed E-state index contributed by atoms with van der Waals surface area (Å²) >= 11 is 6.11. The molecule has 0 aliphatic carbocycles. The van der Waals surface area contributed by atoms with Gasteiger partial charge in [0.1, 0.15) is 5.15 Å². The molecular weight excluding hydrogens is 358 g/mol. The number of carbonyl (C=O) groups excluding carboxylic acids is 1.